The lowest BCUT2D eigenvalue weighted by atomic mass is 9.98. The van der Waals surface area contributed by atoms with Crippen LogP contribution in [0.2, 0.25) is 0 Å². The van der Waals surface area contributed by atoms with E-state index in [0.717, 1.165) is 25.8 Å². The summed E-state index contributed by atoms with van der Waals surface area (Å²) in [5, 5.41) is 0. The summed E-state index contributed by atoms with van der Waals surface area (Å²) in [5.41, 5.74) is 2.08. The van der Waals surface area contributed by atoms with Gasteiger partial charge in [-0.3, -0.25) is 9.69 Å². The van der Waals surface area contributed by atoms with Gasteiger partial charge >= 0.3 is 5.97 Å². The van der Waals surface area contributed by atoms with Crippen molar-refractivity contribution >= 4 is 43.2 Å². The van der Waals surface area contributed by atoms with Crippen LogP contribution in [-0.4, -0.2) is 22.5 Å². The Hall–Kier alpha value is -0.670. The molecular weight excluding hydrogens is 612 g/mol. The summed E-state index contributed by atoms with van der Waals surface area (Å²) in [7, 11) is 0. The Bertz CT molecular complexity index is 738. The number of hydrogen-bond acceptors (Lipinski definition) is 3. The van der Waals surface area contributed by atoms with Gasteiger partial charge in [0.25, 0.3) is 0 Å². The van der Waals surface area contributed by atoms with E-state index in [1.165, 1.54) is 11.1 Å². The first-order valence-corrected chi connectivity index (χ1v) is 17.3. The van der Waals surface area contributed by atoms with Crippen molar-refractivity contribution in [3.63, 3.8) is 0 Å². The Morgan fingerprint density at radius 2 is 1.58 bits per heavy atom. The molecule has 0 amide bonds. The van der Waals surface area contributed by atoms with Gasteiger partial charge in [-0.15, -0.1) is 0 Å². The van der Waals surface area contributed by atoms with Gasteiger partial charge in [-0.1, -0.05) is 80.4 Å². The van der Waals surface area contributed by atoms with Gasteiger partial charge in [0, 0.05) is 55.9 Å². The second-order valence-corrected chi connectivity index (χ2v) is 8.83. The zero-order valence-electron chi connectivity index (χ0n) is 20.5. The van der Waals surface area contributed by atoms with Crippen LogP contribution in [0, 0.1) is 0 Å². The summed E-state index contributed by atoms with van der Waals surface area (Å²) in [6, 6.07) is 21.4. The quantitative estimate of drug-likeness (QED) is 0.191. The van der Waals surface area contributed by atoms with Gasteiger partial charge in [0.05, 0.1) is 6.42 Å². The number of unbranched alkanes of at least 4 members (excludes halogenated alkanes) is 1. The minimum atomic E-state index is -0.457. The fraction of sp³-hybridized carbons (Fsp3) is 0.500. The van der Waals surface area contributed by atoms with Gasteiger partial charge in [-0.2, -0.15) is 0 Å². The minimum absolute atomic E-state index is 0. The largest absolute Gasteiger partial charge is 1.00 e. The van der Waals surface area contributed by atoms with E-state index in [1.807, 2.05) is 32.9 Å². The van der Waals surface area contributed by atoms with Crippen molar-refractivity contribution in [2.75, 3.05) is 0 Å². The molecule has 0 saturated carbocycles. The third-order valence-corrected chi connectivity index (χ3v) is 5.17. The van der Waals surface area contributed by atoms with Crippen molar-refractivity contribution in [3.8, 4) is 0 Å². The van der Waals surface area contributed by atoms with Crippen LogP contribution in [0.5, 0.6) is 0 Å². The third kappa shape index (κ3) is 11.1. The molecule has 0 N–H and O–H groups in total. The molecule has 0 bridgehead atoms. The Labute approximate surface area is 214 Å². The molecule has 0 radical (unpaired) electrons. The summed E-state index contributed by atoms with van der Waals surface area (Å²) < 4.78 is 5.67. The number of rotatable bonds is 10. The molecule has 0 spiro atoms. The molecule has 5 heteroatoms. The molecule has 0 aliphatic carbocycles. The van der Waals surface area contributed by atoms with Gasteiger partial charge in [0.2, 0.25) is 0 Å². The second kappa shape index (κ2) is 15.2. The molecule has 2 atom stereocenters. The zero-order chi connectivity index (χ0) is 23.3. The topological polar surface area (TPSA) is 29.5 Å². The van der Waals surface area contributed by atoms with E-state index < -0.39 is 5.60 Å². The number of nitrogens with zero attached hydrogens (tertiary/aromatic N) is 1. The van der Waals surface area contributed by atoms with Gasteiger partial charge < -0.3 is 6.16 Å². The van der Waals surface area contributed by atoms with Crippen LogP contribution in [0.4, 0.5) is 0 Å². The second-order valence-electron chi connectivity index (χ2n) is 8.83. The maximum absolute atomic E-state index is 12.7. The Balaban J connectivity index is 0.00000311. The van der Waals surface area contributed by atoms with E-state index in [2.05, 4.69) is 105 Å². The van der Waals surface area contributed by atoms with Crippen LogP contribution < -0.4 is 0 Å². The Morgan fingerprint density at radius 1 is 1.03 bits per heavy atom. The molecule has 2 aromatic carbocycles. The lowest BCUT2D eigenvalue weighted by Crippen LogP contribution is -2.39. The molecule has 0 unspecified atom stereocenters. The number of halogens is 2. The van der Waals surface area contributed by atoms with Gasteiger partial charge in [0.15, 0.2) is 0 Å². The third-order valence-electron chi connectivity index (χ3n) is 5.17. The van der Waals surface area contributed by atoms with E-state index in [4.69, 9.17) is 4.74 Å². The molecule has 0 fully saturated rings. The lowest BCUT2D eigenvalue weighted by molar-refractivity contribution is -0.156. The molecule has 0 aromatic heterocycles. The Kier molecular flexibility index (Phi) is 13.9. The maximum Gasteiger partial charge on any atom is 0.307 e. The molecule has 0 aliphatic rings. The monoisotopic (exact) mass is 651 g/mol. The fourth-order valence-corrected chi connectivity index (χ4v) is 3.70. The predicted octanol–water partition coefficient (Wildman–Crippen LogP) is 8.42. The average Bonchev–Trinajstić information content (AvgIpc) is 2.76. The standard InChI is InChI=1S/C26H37NO2.I2.H/c1-6-7-18-24(19-25(28)29-26(3,4)5)27(20-22-14-10-8-11-15-22)21(2)23-16-12-9-13-17-23;1-2;/h8-17,21,24H,6-7,18-20H2,1-5H3;;/q;;-1/t21-,24-;;/m0../s1/i;;1+1. The molecule has 174 valence electrons. The van der Waals surface area contributed by atoms with Crippen LogP contribution >= 0.6 is 37.2 Å². The highest BCUT2D eigenvalue weighted by molar-refractivity contribution is 15.0. The molecule has 0 heterocycles. The first kappa shape index (κ1) is 28.4. The highest BCUT2D eigenvalue weighted by Crippen LogP contribution is 2.29. The van der Waals surface area contributed by atoms with Crippen molar-refractivity contribution in [2.45, 2.75) is 84.5 Å². The van der Waals surface area contributed by atoms with E-state index >= 15 is 0 Å². The van der Waals surface area contributed by atoms with Crippen molar-refractivity contribution in [1.82, 2.24) is 4.90 Å². The maximum atomic E-state index is 12.7. The summed E-state index contributed by atoms with van der Waals surface area (Å²) in [6.07, 6.45) is 3.62. The van der Waals surface area contributed by atoms with Crippen LogP contribution in [-0.2, 0) is 16.1 Å². The highest BCUT2D eigenvalue weighted by atomic mass is 128. The number of esters is 1. The van der Waals surface area contributed by atoms with E-state index in [1.54, 1.807) is 0 Å². The fourth-order valence-electron chi connectivity index (χ4n) is 3.70. The normalized spacial score (nSPS) is 13.2. The smallest absolute Gasteiger partial charge is 0.307 e. The molecule has 0 saturated heterocycles. The number of benzene rings is 2. The first-order chi connectivity index (χ1) is 14.8. The molecule has 3 nitrogen and oxygen atoms in total. The molecule has 2 aromatic rings. The molecule has 0 aliphatic heterocycles. The van der Waals surface area contributed by atoms with Crippen LogP contribution in [0.1, 0.15) is 78.9 Å². The summed E-state index contributed by atoms with van der Waals surface area (Å²) in [4.78, 5) is 15.2. The lowest BCUT2D eigenvalue weighted by Gasteiger charge is -2.37. The number of hydrogen-bond donors (Lipinski definition) is 0. The van der Waals surface area contributed by atoms with Crippen LogP contribution in [0.25, 0.3) is 0 Å². The minimum Gasteiger partial charge on any atom is -1.00 e. The van der Waals surface area contributed by atoms with Gasteiger partial charge in [-0.05, 0) is 45.2 Å². The van der Waals surface area contributed by atoms with E-state index in [-0.39, 0.29) is 19.5 Å². The van der Waals surface area contributed by atoms with Gasteiger partial charge in [0.1, 0.15) is 5.60 Å². The number of carbonyl (C=O) groups excluding carboxylic acids is 1. The molecule has 31 heavy (non-hydrogen) atoms. The summed E-state index contributed by atoms with van der Waals surface area (Å²) in [6.45, 7) is 11.0. The first-order valence-electron chi connectivity index (χ1n) is 11.0. The summed E-state index contributed by atoms with van der Waals surface area (Å²) >= 11 is 4.24. The molecular formula is C26H38I2NO2-. The highest BCUT2D eigenvalue weighted by Gasteiger charge is 2.28. The predicted molar refractivity (Wildman–Crippen MR) is 150 cm³/mol. The number of ether oxygens (including phenoxy) is 1. The van der Waals surface area contributed by atoms with Gasteiger partial charge in [-0.25, -0.2) is 0 Å². The van der Waals surface area contributed by atoms with E-state index in [0.29, 0.717) is 6.42 Å². The van der Waals surface area contributed by atoms with Crippen molar-refractivity contribution in [3.05, 3.63) is 71.8 Å². The summed E-state index contributed by atoms with van der Waals surface area (Å²) in [5.74, 6) is -0.114. The van der Waals surface area contributed by atoms with Crippen molar-refractivity contribution in [2.24, 2.45) is 0 Å². The van der Waals surface area contributed by atoms with Crippen molar-refractivity contribution in [1.29, 1.82) is 0 Å². The van der Waals surface area contributed by atoms with Crippen LogP contribution in [0.3, 0.4) is 0 Å². The SMILES string of the molecule is CCCC[C@@H](CC(=O)OC(C)(C)C)N(Cc1ccccc1)[C@@H](C)c1ccccc1.II.[2H-]. The van der Waals surface area contributed by atoms with Crippen LogP contribution in [0.15, 0.2) is 60.7 Å². The molecule has 2 rings (SSSR count). The van der Waals surface area contributed by atoms with E-state index in [9.17, 15) is 4.79 Å². The zero-order valence-corrected chi connectivity index (χ0v) is 23.8. The Morgan fingerprint density at radius 3 is 2.10 bits per heavy atom. The average molecular weight is 651 g/mol. The number of carbonyl (C=O) groups is 1. The van der Waals surface area contributed by atoms with Crippen molar-refractivity contribution < 1.29 is 11.0 Å².